The van der Waals surface area contributed by atoms with Crippen molar-refractivity contribution < 1.29 is 14.0 Å². The van der Waals surface area contributed by atoms with Gasteiger partial charge in [0.25, 0.3) is 0 Å². The highest BCUT2D eigenvalue weighted by atomic mass is 35.5. The average Bonchev–Trinajstić information content (AvgIpc) is 3.00. The van der Waals surface area contributed by atoms with Crippen LogP contribution in [-0.4, -0.2) is 30.3 Å². The maximum absolute atomic E-state index is 13.9. The molecule has 136 valence electrons. The standard InChI is InChI=1S/C20H20ClFN2O2/c1-13-6-8-15(9-7-13)24-11-14(10-19(24)25)20(26)23(2)12-16-17(21)4-3-5-18(16)22/h3-9,14H,10-12H2,1-2H3/t14-/m0/s1. The Morgan fingerprint density at radius 2 is 1.96 bits per heavy atom. The lowest BCUT2D eigenvalue weighted by atomic mass is 10.1. The first-order valence-electron chi connectivity index (χ1n) is 8.41. The molecule has 0 spiro atoms. The van der Waals surface area contributed by atoms with Crippen molar-refractivity contribution in [1.82, 2.24) is 4.90 Å². The summed E-state index contributed by atoms with van der Waals surface area (Å²) in [5.74, 6) is -1.16. The van der Waals surface area contributed by atoms with Crippen LogP contribution in [0.1, 0.15) is 17.5 Å². The van der Waals surface area contributed by atoms with Crippen molar-refractivity contribution in [3.05, 3.63) is 64.4 Å². The minimum Gasteiger partial charge on any atom is -0.341 e. The van der Waals surface area contributed by atoms with E-state index in [1.54, 1.807) is 18.0 Å². The molecule has 2 aromatic rings. The van der Waals surface area contributed by atoms with Crippen LogP contribution in [0.3, 0.4) is 0 Å². The highest BCUT2D eigenvalue weighted by molar-refractivity contribution is 6.31. The fourth-order valence-corrected chi connectivity index (χ4v) is 3.38. The van der Waals surface area contributed by atoms with Gasteiger partial charge in [-0.05, 0) is 31.2 Å². The molecular weight excluding hydrogens is 355 g/mol. The van der Waals surface area contributed by atoms with Crippen molar-refractivity contribution >= 4 is 29.1 Å². The van der Waals surface area contributed by atoms with Gasteiger partial charge in [-0.1, -0.05) is 35.4 Å². The van der Waals surface area contributed by atoms with Gasteiger partial charge in [-0.3, -0.25) is 9.59 Å². The third kappa shape index (κ3) is 3.73. The molecule has 0 saturated carbocycles. The number of benzene rings is 2. The van der Waals surface area contributed by atoms with Gasteiger partial charge < -0.3 is 9.80 Å². The summed E-state index contributed by atoms with van der Waals surface area (Å²) in [4.78, 5) is 28.1. The zero-order chi connectivity index (χ0) is 18.8. The maximum atomic E-state index is 13.9. The number of hydrogen-bond donors (Lipinski definition) is 0. The number of nitrogens with zero attached hydrogens (tertiary/aromatic N) is 2. The van der Waals surface area contributed by atoms with E-state index in [4.69, 9.17) is 11.6 Å². The number of carbonyl (C=O) groups excluding carboxylic acids is 2. The van der Waals surface area contributed by atoms with Gasteiger partial charge in [0.1, 0.15) is 5.82 Å². The molecule has 26 heavy (non-hydrogen) atoms. The minimum absolute atomic E-state index is 0.0690. The van der Waals surface area contributed by atoms with Gasteiger partial charge >= 0.3 is 0 Å². The van der Waals surface area contributed by atoms with Crippen molar-refractivity contribution in [1.29, 1.82) is 0 Å². The first kappa shape index (κ1) is 18.4. The fourth-order valence-electron chi connectivity index (χ4n) is 3.16. The summed E-state index contributed by atoms with van der Waals surface area (Å²) < 4.78 is 13.9. The molecule has 1 heterocycles. The zero-order valence-corrected chi connectivity index (χ0v) is 15.5. The van der Waals surface area contributed by atoms with Crippen LogP contribution in [0.25, 0.3) is 0 Å². The van der Waals surface area contributed by atoms with E-state index in [0.29, 0.717) is 6.54 Å². The van der Waals surface area contributed by atoms with Crippen molar-refractivity contribution in [2.75, 3.05) is 18.5 Å². The van der Waals surface area contributed by atoms with Gasteiger partial charge in [0.15, 0.2) is 0 Å². The van der Waals surface area contributed by atoms with Gasteiger partial charge in [-0.25, -0.2) is 4.39 Å². The molecule has 1 atom stereocenters. The van der Waals surface area contributed by atoms with Crippen molar-refractivity contribution in [3.8, 4) is 0 Å². The molecule has 1 saturated heterocycles. The second-order valence-corrected chi connectivity index (χ2v) is 7.04. The summed E-state index contributed by atoms with van der Waals surface area (Å²) in [5, 5.41) is 0.286. The van der Waals surface area contributed by atoms with Crippen LogP contribution in [0.5, 0.6) is 0 Å². The Morgan fingerprint density at radius 1 is 1.27 bits per heavy atom. The summed E-state index contributed by atoms with van der Waals surface area (Å²) >= 11 is 6.04. The van der Waals surface area contributed by atoms with Crippen LogP contribution in [0.2, 0.25) is 5.02 Å². The molecule has 1 aliphatic rings. The van der Waals surface area contributed by atoms with Crippen LogP contribution in [0.15, 0.2) is 42.5 Å². The number of hydrogen-bond acceptors (Lipinski definition) is 2. The van der Waals surface area contributed by atoms with Gasteiger partial charge in [-0.2, -0.15) is 0 Å². The second-order valence-electron chi connectivity index (χ2n) is 6.64. The van der Waals surface area contributed by atoms with Crippen molar-refractivity contribution in [3.63, 3.8) is 0 Å². The van der Waals surface area contributed by atoms with E-state index in [1.165, 1.54) is 17.0 Å². The van der Waals surface area contributed by atoms with Crippen LogP contribution >= 0.6 is 11.6 Å². The molecule has 2 amide bonds. The second kappa shape index (κ2) is 7.46. The van der Waals surface area contributed by atoms with Gasteiger partial charge in [-0.15, -0.1) is 0 Å². The average molecular weight is 375 g/mol. The fraction of sp³-hybridized carbons (Fsp3) is 0.300. The molecule has 2 aromatic carbocycles. The Bertz CT molecular complexity index is 818. The van der Waals surface area contributed by atoms with Crippen LogP contribution in [0.4, 0.5) is 10.1 Å². The summed E-state index contributed by atoms with van der Waals surface area (Å²) in [5.41, 5.74) is 2.18. The summed E-state index contributed by atoms with van der Waals surface area (Å²) in [6, 6.07) is 12.1. The van der Waals surface area contributed by atoms with E-state index in [2.05, 4.69) is 0 Å². The third-order valence-electron chi connectivity index (χ3n) is 4.65. The third-order valence-corrected chi connectivity index (χ3v) is 5.01. The number of amides is 2. The molecule has 6 heteroatoms. The molecule has 0 unspecified atom stereocenters. The Morgan fingerprint density at radius 3 is 2.62 bits per heavy atom. The summed E-state index contributed by atoms with van der Waals surface area (Å²) in [6.07, 6.45) is 0.155. The van der Waals surface area contributed by atoms with Crippen LogP contribution in [0, 0.1) is 18.7 Å². The van der Waals surface area contributed by atoms with E-state index in [0.717, 1.165) is 11.3 Å². The molecule has 0 N–H and O–H groups in total. The lowest BCUT2D eigenvalue weighted by Crippen LogP contribution is -2.34. The molecule has 0 radical (unpaired) electrons. The van der Waals surface area contributed by atoms with E-state index in [1.807, 2.05) is 31.2 Å². The monoisotopic (exact) mass is 374 g/mol. The first-order valence-corrected chi connectivity index (χ1v) is 8.79. The molecular formula is C20H20ClFN2O2. The van der Waals surface area contributed by atoms with E-state index in [9.17, 15) is 14.0 Å². The van der Waals surface area contributed by atoms with Crippen molar-refractivity contribution in [2.24, 2.45) is 5.92 Å². The predicted molar refractivity (Wildman–Crippen MR) is 99.5 cm³/mol. The largest absolute Gasteiger partial charge is 0.341 e. The number of rotatable bonds is 4. The van der Waals surface area contributed by atoms with Gasteiger partial charge in [0.05, 0.1) is 5.92 Å². The van der Waals surface area contributed by atoms with Gasteiger partial charge in [0, 0.05) is 42.8 Å². The Kier molecular flexibility index (Phi) is 5.28. The normalized spacial score (nSPS) is 16.8. The minimum atomic E-state index is -0.445. The highest BCUT2D eigenvalue weighted by Crippen LogP contribution is 2.27. The maximum Gasteiger partial charge on any atom is 0.228 e. The highest BCUT2D eigenvalue weighted by Gasteiger charge is 2.36. The zero-order valence-electron chi connectivity index (χ0n) is 14.7. The molecule has 0 aliphatic carbocycles. The van der Waals surface area contributed by atoms with Crippen LogP contribution in [-0.2, 0) is 16.1 Å². The molecule has 0 aromatic heterocycles. The van der Waals surface area contributed by atoms with Crippen LogP contribution < -0.4 is 4.90 Å². The number of anilines is 1. The molecule has 1 fully saturated rings. The van der Waals surface area contributed by atoms with E-state index in [-0.39, 0.29) is 35.4 Å². The van der Waals surface area contributed by atoms with Crippen molar-refractivity contribution in [2.45, 2.75) is 19.9 Å². The molecule has 4 nitrogen and oxygen atoms in total. The number of aryl methyl sites for hydroxylation is 1. The first-order chi connectivity index (χ1) is 12.4. The lowest BCUT2D eigenvalue weighted by Gasteiger charge is -2.22. The van der Waals surface area contributed by atoms with Gasteiger partial charge in [0.2, 0.25) is 11.8 Å². The Balaban J connectivity index is 1.70. The summed E-state index contributed by atoms with van der Waals surface area (Å²) in [7, 11) is 1.60. The van der Waals surface area contributed by atoms with E-state index >= 15 is 0 Å². The quantitative estimate of drug-likeness (QED) is 0.816. The molecule has 0 bridgehead atoms. The summed E-state index contributed by atoms with van der Waals surface area (Å²) in [6.45, 7) is 2.38. The number of carbonyl (C=O) groups is 2. The van der Waals surface area contributed by atoms with E-state index < -0.39 is 11.7 Å². The predicted octanol–water partition coefficient (Wildman–Crippen LogP) is 3.80. The Hall–Kier alpha value is -2.40. The lowest BCUT2D eigenvalue weighted by molar-refractivity contribution is -0.135. The molecule has 1 aliphatic heterocycles. The topological polar surface area (TPSA) is 40.6 Å². The number of halogens is 2. The molecule has 3 rings (SSSR count). The SMILES string of the molecule is Cc1ccc(N2C[C@@H](C(=O)N(C)Cc3c(F)cccc3Cl)CC2=O)cc1. The Labute approximate surface area is 157 Å². The smallest absolute Gasteiger partial charge is 0.228 e.